The summed E-state index contributed by atoms with van der Waals surface area (Å²) in [6, 6.07) is 0. The Bertz CT molecular complexity index is 513. The Labute approximate surface area is 153 Å². The minimum Gasteiger partial charge on any atom is -0.347 e. The molecule has 0 unspecified atom stereocenters. The number of carbonyl (C=O) groups is 1. The number of aliphatic imine (C=N–C) groups is 1. The van der Waals surface area contributed by atoms with E-state index in [1.807, 2.05) is 23.8 Å². The van der Waals surface area contributed by atoms with Gasteiger partial charge in [0.2, 0.25) is 5.91 Å². The first kappa shape index (κ1) is 19.1. The molecule has 1 aromatic rings. The van der Waals surface area contributed by atoms with E-state index in [2.05, 4.69) is 20.7 Å². The second kappa shape index (κ2) is 9.29. The Morgan fingerprint density at radius 3 is 2.73 bits per heavy atom. The van der Waals surface area contributed by atoms with Crippen LogP contribution in [-0.4, -0.2) is 60.4 Å². The largest absolute Gasteiger partial charge is 0.347 e. The number of halogens is 1. The third kappa shape index (κ3) is 5.38. The van der Waals surface area contributed by atoms with E-state index in [1.165, 1.54) is 0 Å². The molecular weight excluding hydrogens is 413 g/mol. The van der Waals surface area contributed by atoms with Crippen molar-refractivity contribution < 1.29 is 4.79 Å². The van der Waals surface area contributed by atoms with Crippen LogP contribution in [0.2, 0.25) is 0 Å². The zero-order valence-electron chi connectivity index (χ0n) is 13.3. The predicted octanol–water partition coefficient (Wildman–Crippen LogP) is 1.70. The molecule has 2 rings (SSSR count). The van der Waals surface area contributed by atoms with Gasteiger partial charge in [0.05, 0.1) is 23.8 Å². The number of hydrogen-bond donors (Lipinski definition) is 1. The third-order valence-corrected chi connectivity index (χ3v) is 4.32. The molecule has 22 heavy (non-hydrogen) atoms. The minimum atomic E-state index is 0. The first-order valence-electron chi connectivity index (χ1n) is 7.20. The molecule has 1 aromatic heterocycles. The lowest BCUT2D eigenvalue weighted by atomic mass is 10.4. The van der Waals surface area contributed by atoms with Crippen molar-refractivity contribution in [3.05, 3.63) is 16.1 Å². The van der Waals surface area contributed by atoms with Gasteiger partial charge in [0.1, 0.15) is 0 Å². The Morgan fingerprint density at radius 1 is 1.50 bits per heavy atom. The molecule has 0 bridgehead atoms. The zero-order valence-corrected chi connectivity index (χ0v) is 16.5. The van der Waals surface area contributed by atoms with Crippen LogP contribution in [0.1, 0.15) is 23.5 Å². The van der Waals surface area contributed by atoms with Gasteiger partial charge in [-0.1, -0.05) is 0 Å². The number of aryl methyl sites for hydroxylation is 1. The fourth-order valence-corrected chi connectivity index (χ4v) is 3.02. The molecule has 1 saturated heterocycles. The molecule has 0 aliphatic carbocycles. The van der Waals surface area contributed by atoms with Crippen LogP contribution in [0.15, 0.2) is 10.4 Å². The molecule has 0 atom stereocenters. The average Bonchev–Trinajstić information content (AvgIpc) is 3.11. The van der Waals surface area contributed by atoms with Crippen molar-refractivity contribution in [3.8, 4) is 0 Å². The number of nitrogens with zero attached hydrogens (tertiary/aromatic N) is 4. The highest BCUT2D eigenvalue weighted by Gasteiger charge is 2.18. The van der Waals surface area contributed by atoms with Crippen molar-refractivity contribution in [1.29, 1.82) is 0 Å². The standard InChI is InChI=1S/C14H23N5OS.HI/c1-11-17-12(10-21-11)9-18(3)14(15-2)16-8-13(20)19-6-4-5-7-19;/h10H,4-9H2,1-3H3,(H,15,16);1H. The summed E-state index contributed by atoms with van der Waals surface area (Å²) in [6.07, 6.45) is 2.23. The number of guanidine groups is 1. The number of carbonyl (C=O) groups excluding carboxylic acids is 1. The van der Waals surface area contributed by atoms with Crippen LogP contribution >= 0.6 is 35.3 Å². The van der Waals surface area contributed by atoms with E-state index in [0.29, 0.717) is 19.0 Å². The molecule has 1 amide bonds. The summed E-state index contributed by atoms with van der Waals surface area (Å²) >= 11 is 1.64. The fraction of sp³-hybridized carbons (Fsp3) is 0.643. The quantitative estimate of drug-likeness (QED) is 0.443. The maximum atomic E-state index is 12.0. The summed E-state index contributed by atoms with van der Waals surface area (Å²) in [4.78, 5) is 24.6. The Balaban J connectivity index is 0.00000242. The molecule has 0 saturated carbocycles. The molecule has 0 spiro atoms. The Hall–Kier alpha value is -0.900. The van der Waals surface area contributed by atoms with Crippen molar-refractivity contribution in [2.75, 3.05) is 33.7 Å². The summed E-state index contributed by atoms with van der Waals surface area (Å²) in [7, 11) is 3.68. The highest BCUT2D eigenvalue weighted by atomic mass is 127. The topological polar surface area (TPSA) is 60.8 Å². The smallest absolute Gasteiger partial charge is 0.241 e. The van der Waals surface area contributed by atoms with Gasteiger partial charge in [-0.05, 0) is 19.8 Å². The minimum absolute atomic E-state index is 0. The lowest BCUT2D eigenvalue weighted by molar-refractivity contribution is -0.128. The third-order valence-electron chi connectivity index (χ3n) is 3.50. The molecule has 1 fully saturated rings. The second-order valence-corrected chi connectivity index (χ2v) is 6.26. The SMILES string of the molecule is CN=C(NCC(=O)N1CCCC1)N(C)Cc1csc(C)n1.I. The van der Waals surface area contributed by atoms with Gasteiger partial charge < -0.3 is 15.1 Å². The molecule has 6 nitrogen and oxygen atoms in total. The number of aromatic nitrogens is 1. The maximum Gasteiger partial charge on any atom is 0.241 e. The van der Waals surface area contributed by atoms with E-state index < -0.39 is 0 Å². The monoisotopic (exact) mass is 437 g/mol. The van der Waals surface area contributed by atoms with E-state index in [1.54, 1.807) is 18.4 Å². The van der Waals surface area contributed by atoms with Gasteiger partial charge in [-0.3, -0.25) is 9.79 Å². The van der Waals surface area contributed by atoms with E-state index in [-0.39, 0.29) is 29.9 Å². The Kier molecular flexibility index (Phi) is 8.08. The average molecular weight is 437 g/mol. The van der Waals surface area contributed by atoms with Crippen LogP contribution in [-0.2, 0) is 11.3 Å². The summed E-state index contributed by atoms with van der Waals surface area (Å²) in [5.74, 6) is 0.861. The fourth-order valence-electron chi connectivity index (χ4n) is 2.42. The molecule has 1 aliphatic heterocycles. The number of rotatable bonds is 4. The maximum absolute atomic E-state index is 12.0. The summed E-state index contributed by atoms with van der Waals surface area (Å²) in [5.41, 5.74) is 1.02. The molecule has 2 heterocycles. The van der Waals surface area contributed by atoms with Gasteiger partial charge in [0, 0.05) is 32.6 Å². The molecule has 1 N–H and O–H groups in total. The van der Waals surface area contributed by atoms with Gasteiger partial charge in [0.25, 0.3) is 0 Å². The highest BCUT2D eigenvalue weighted by Crippen LogP contribution is 2.10. The highest BCUT2D eigenvalue weighted by molar-refractivity contribution is 14.0. The first-order valence-corrected chi connectivity index (χ1v) is 8.08. The van der Waals surface area contributed by atoms with Gasteiger partial charge >= 0.3 is 0 Å². The summed E-state index contributed by atoms with van der Waals surface area (Å²) < 4.78 is 0. The predicted molar refractivity (Wildman–Crippen MR) is 101 cm³/mol. The molecule has 0 aromatic carbocycles. The van der Waals surface area contributed by atoms with Crippen LogP contribution in [0.5, 0.6) is 0 Å². The van der Waals surface area contributed by atoms with Crippen molar-refractivity contribution in [2.24, 2.45) is 4.99 Å². The van der Waals surface area contributed by atoms with Crippen molar-refractivity contribution in [1.82, 2.24) is 20.1 Å². The van der Waals surface area contributed by atoms with E-state index in [0.717, 1.165) is 36.6 Å². The van der Waals surface area contributed by atoms with Gasteiger partial charge in [0.15, 0.2) is 5.96 Å². The second-order valence-electron chi connectivity index (χ2n) is 5.20. The van der Waals surface area contributed by atoms with Gasteiger partial charge in [-0.15, -0.1) is 35.3 Å². The van der Waals surface area contributed by atoms with E-state index >= 15 is 0 Å². The van der Waals surface area contributed by atoms with Gasteiger partial charge in [-0.2, -0.15) is 0 Å². The molecule has 1 aliphatic rings. The number of likely N-dealkylation sites (tertiary alicyclic amines) is 1. The van der Waals surface area contributed by atoms with Crippen molar-refractivity contribution >= 4 is 47.2 Å². The zero-order chi connectivity index (χ0) is 15.2. The molecular formula is C14H24IN5OS. The first-order chi connectivity index (χ1) is 10.1. The molecule has 124 valence electrons. The van der Waals surface area contributed by atoms with Crippen LogP contribution in [0, 0.1) is 6.92 Å². The number of hydrogen-bond acceptors (Lipinski definition) is 4. The number of amides is 1. The lowest BCUT2D eigenvalue weighted by Gasteiger charge is -2.22. The van der Waals surface area contributed by atoms with E-state index in [9.17, 15) is 4.79 Å². The normalized spacial score (nSPS) is 14.7. The summed E-state index contributed by atoms with van der Waals surface area (Å²) in [6.45, 7) is 4.74. The number of thiazole rings is 1. The Morgan fingerprint density at radius 2 is 2.18 bits per heavy atom. The summed E-state index contributed by atoms with van der Waals surface area (Å²) in [5, 5.41) is 6.24. The lowest BCUT2D eigenvalue weighted by Crippen LogP contribution is -2.44. The van der Waals surface area contributed by atoms with Crippen LogP contribution in [0.4, 0.5) is 0 Å². The number of nitrogens with one attached hydrogen (secondary N) is 1. The van der Waals surface area contributed by atoms with Crippen LogP contribution < -0.4 is 5.32 Å². The van der Waals surface area contributed by atoms with Crippen LogP contribution in [0.25, 0.3) is 0 Å². The van der Waals surface area contributed by atoms with Gasteiger partial charge in [-0.25, -0.2) is 4.98 Å². The molecule has 8 heteroatoms. The van der Waals surface area contributed by atoms with Crippen LogP contribution in [0.3, 0.4) is 0 Å². The van der Waals surface area contributed by atoms with E-state index in [4.69, 9.17) is 0 Å². The van der Waals surface area contributed by atoms with Crippen molar-refractivity contribution in [3.63, 3.8) is 0 Å². The van der Waals surface area contributed by atoms with Crippen molar-refractivity contribution in [2.45, 2.75) is 26.3 Å². The molecule has 0 radical (unpaired) electrons.